The minimum absolute atomic E-state index is 0.0121. The summed E-state index contributed by atoms with van der Waals surface area (Å²) < 4.78 is 11.9. The maximum Gasteiger partial charge on any atom is 0.336 e. The maximum absolute atomic E-state index is 11.1. The van der Waals surface area contributed by atoms with Crippen LogP contribution in [-0.4, -0.2) is 54.4 Å². The van der Waals surface area contributed by atoms with Gasteiger partial charge in [-0.2, -0.15) is 0 Å². The lowest BCUT2D eigenvalue weighted by atomic mass is 10.2. The van der Waals surface area contributed by atoms with Crippen molar-refractivity contribution in [3.05, 3.63) is 28.2 Å². The number of hydrogen-bond donors (Lipinski definition) is 1. The molecule has 0 spiro atoms. The highest BCUT2D eigenvalue weighted by Gasteiger charge is 2.22. The average molecular weight is 358 g/mol. The summed E-state index contributed by atoms with van der Waals surface area (Å²) in [4.78, 5) is 13.4. The summed E-state index contributed by atoms with van der Waals surface area (Å²) in [5.74, 6) is -0.437. The van der Waals surface area contributed by atoms with Crippen molar-refractivity contribution < 1.29 is 19.4 Å². The lowest BCUT2D eigenvalue weighted by Crippen LogP contribution is -2.47. The van der Waals surface area contributed by atoms with Gasteiger partial charge in [0.25, 0.3) is 0 Å². The number of benzene rings is 1. The van der Waals surface area contributed by atoms with Crippen LogP contribution in [0, 0.1) is 0 Å². The van der Waals surface area contributed by atoms with Gasteiger partial charge in [-0.3, -0.25) is 4.90 Å². The van der Waals surface area contributed by atoms with E-state index in [2.05, 4.69) is 34.7 Å². The first-order valence-corrected chi connectivity index (χ1v) is 7.78. The van der Waals surface area contributed by atoms with Gasteiger partial charge in [-0.25, -0.2) is 4.79 Å². The molecule has 1 unspecified atom stereocenters. The Balaban J connectivity index is 1.94. The van der Waals surface area contributed by atoms with Gasteiger partial charge < -0.3 is 14.6 Å². The Morgan fingerprint density at radius 3 is 3.00 bits per heavy atom. The second kappa shape index (κ2) is 7.24. The first kappa shape index (κ1) is 16.3. The summed E-state index contributed by atoms with van der Waals surface area (Å²) in [6.07, 6.45) is 0.0121. The molecule has 5 nitrogen and oxygen atoms in total. The molecule has 116 valence electrons. The van der Waals surface area contributed by atoms with Crippen LogP contribution in [0.3, 0.4) is 0 Å². The topological polar surface area (TPSA) is 59.0 Å². The van der Waals surface area contributed by atoms with Crippen LogP contribution in [0.4, 0.5) is 0 Å². The Bertz CT molecular complexity index is 506. The zero-order chi connectivity index (χ0) is 15.4. The molecule has 0 bridgehead atoms. The van der Waals surface area contributed by atoms with E-state index in [0.29, 0.717) is 29.5 Å². The van der Waals surface area contributed by atoms with Gasteiger partial charge in [-0.05, 0) is 48.0 Å². The molecular weight excluding hydrogens is 338 g/mol. The highest BCUT2D eigenvalue weighted by molar-refractivity contribution is 9.10. The van der Waals surface area contributed by atoms with Crippen molar-refractivity contribution in [3.8, 4) is 5.75 Å². The normalized spacial score (nSPS) is 19.7. The molecule has 1 aliphatic heterocycles. The van der Waals surface area contributed by atoms with E-state index < -0.39 is 5.97 Å². The van der Waals surface area contributed by atoms with E-state index in [-0.39, 0.29) is 11.7 Å². The second-order valence-electron chi connectivity index (χ2n) is 5.34. The van der Waals surface area contributed by atoms with Gasteiger partial charge in [-0.1, -0.05) is 0 Å². The van der Waals surface area contributed by atoms with Gasteiger partial charge in [-0.15, -0.1) is 0 Å². The molecule has 0 saturated carbocycles. The number of halogens is 1. The van der Waals surface area contributed by atoms with Crippen LogP contribution in [0.15, 0.2) is 22.7 Å². The summed E-state index contributed by atoms with van der Waals surface area (Å²) in [7, 11) is 0. The fourth-order valence-electron chi connectivity index (χ4n) is 2.26. The fourth-order valence-corrected chi connectivity index (χ4v) is 2.68. The highest BCUT2D eigenvalue weighted by Crippen LogP contribution is 2.23. The highest BCUT2D eigenvalue weighted by atomic mass is 79.9. The minimum atomic E-state index is -0.979. The van der Waals surface area contributed by atoms with Crippen molar-refractivity contribution >= 4 is 21.9 Å². The SMILES string of the molecule is CC(C)N1CCOC(COc2ccc(Br)c(C(=O)O)c2)C1. The Kier molecular flexibility index (Phi) is 5.61. The van der Waals surface area contributed by atoms with Gasteiger partial charge in [0.1, 0.15) is 18.5 Å². The minimum Gasteiger partial charge on any atom is -0.491 e. The molecule has 21 heavy (non-hydrogen) atoms. The van der Waals surface area contributed by atoms with Crippen LogP contribution >= 0.6 is 15.9 Å². The Morgan fingerprint density at radius 2 is 2.33 bits per heavy atom. The second-order valence-corrected chi connectivity index (χ2v) is 6.19. The van der Waals surface area contributed by atoms with Gasteiger partial charge >= 0.3 is 5.97 Å². The first-order valence-electron chi connectivity index (χ1n) is 6.98. The fraction of sp³-hybridized carbons (Fsp3) is 0.533. The monoisotopic (exact) mass is 357 g/mol. The van der Waals surface area contributed by atoms with Crippen molar-refractivity contribution in [2.24, 2.45) is 0 Å². The quantitative estimate of drug-likeness (QED) is 0.877. The van der Waals surface area contributed by atoms with Crippen LogP contribution < -0.4 is 4.74 Å². The molecule has 1 aromatic carbocycles. The molecular formula is C15H20BrNO4. The van der Waals surface area contributed by atoms with Crippen LogP contribution in [0.25, 0.3) is 0 Å². The Morgan fingerprint density at radius 1 is 1.57 bits per heavy atom. The number of carboxylic acids is 1. The van der Waals surface area contributed by atoms with E-state index in [0.717, 1.165) is 13.1 Å². The predicted octanol–water partition coefficient (Wildman–Crippen LogP) is 2.64. The molecule has 0 radical (unpaired) electrons. The molecule has 0 aliphatic carbocycles. The smallest absolute Gasteiger partial charge is 0.336 e. The molecule has 0 amide bonds. The number of morpholine rings is 1. The number of carbonyl (C=O) groups is 1. The molecule has 1 N–H and O–H groups in total. The van der Waals surface area contributed by atoms with Crippen LogP contribution in [-0.2, 0) is 4.74 Å². The molecule has 1 atom stereocenters. The van der Waals surface area contributed by atoms with Gasteiger partial charge in [0.2, 0.25) is 0 Å². The third-order valence-electron chi connectivity index (χ3n) is 3.50. The van der Waals surface area contributed by atoms with Crippen LogP contribution in [0.1, 0.15) is 24.2 Å². The largest absolute Gasteiger partial charge is 0.491 e. The van der Waals surface area contributed by atoms with E-state index in [1.165, 1.54) is 6.07 Å². The molecule has 6 heteroatoms. The van der Waals surface area contributed by atoms with Crippen molar-refractivity contribution in [2.45, 2.75) is 26.0 Å². The van der Waals surface area contributed by atoms with Crippen molar-refractivity contribution in [1.29, 1.82) is 0 Å². The molecule has 1 heterocycles. The zero-order valence-corrected chi connectivity index (χ0v) is 13.8. The summed E-state index contributed by atoms with van der Waals surface area (Å²) in [5.41, 5.74) is 0.195. The zero-order valence-electron chi connectivity index (χ0n) is 12.2. The summed E-state index contributed by atoms with van der Waals surface area (Å²) in [6, 6.07) is 5.44. The van der Waals surface area contributed by atoms with E-state index in [1.54, 1.807) is 12.1 Å². The van der Waals surface area contributed by atoms with Crippen LogP contribution in [0.5, 0.6) is 5.75 Å². The number of hydrogen-bond acceptors (Lipinski definition) is 4. The maximum atomic E-state index is 11.1. The Hall–Kier alpha value is -1.11. The standard InChI is InChI=1S/C15H20BrNO4/c1-10(2)17-5-6-20-12(8-17)9-21-11-3-4-14(16)13(7-11)15(18)19/h3-4,7,10,12H,5-6,8-9H2,1-2H3,(H,18,19). The number of aromatic carboxylic acids is 1. The molecule has 1 aromatic rings. The average Bonchev–Trinajstić information content (AvgIpc) is 2.46. The van der Waals surface area contributed by atoms with Gasteiger partial charge in [0.15, 0.2) is 0 Å². The van der Waals surface area contributed by atoms with E-state index in [4.69, 9.17) is 14.6 Å². The summed E-state index contributed by atoms with van der Waals surface area (Å²) in [6.45, 7) is 7.22. The van der Waals surface area contributed by atoms with Crippen molar-refractivity contribution in [2.75, 3.05) is 26.3 Å². The molecule has 1 saturated heterocycles. The summed E-state index contributed by atoms with van der Waals surface area (Å²) in [5, 5.41) is 9.09. The Labute approximate surface area is 133 Å². The number of rotatable bonds is 5. The third kappa shape index (κ3) is 4.43. The first-order chi connectivity index (χ1) is 9.97. The van der Waals surface area contributed by atoms with E-state index in [1.807, 2.05) is 0 Å². The third-order valence-corrected chi connectivity index (χ3v) is 4.20. The van der Waals surface area contributed by atoms with Gasteiger partial charge in [0.05, 0.1) is 12.2 Å². The molecule has 1 aliphatic rings. The number of nitrogens with zero attached hydrogens (tertiary/aromatic N) is 1. The summed E-state index contributed by atoms with van der Waals surface area (Å²) >= 11 is 3.21. The van der Waals surface area contributed by atoms with Gasteiger partial charge in [0, 0.05) is 23.6 Å². The van der Waals surface area contributed by atoms with Crippen LogP contribution in [0.2, 0.25) is 0 Å². The lowest BCUT2D eigenvalue weighted by Gasteiger charge is -2.35. The number of ether oxygens (including phenoxy) is 2. The molecule has 2 rings (SSSR count). The molecule has 0 aromatic heterocycles. The van der Waals surface area contributed by atoms with Crippen molar-refractivity contribution in [1.82, 2.24) is 4.90 Å². The van der Waals surface area contributed by atoms with E-state index >= 15 is 0 Å². The predicted molar refractivity (Wildman–Crippen MR) is 83.0 cm³/mol. The molecule has 1 fully saturated rings. The van der Waals surface area contributed by atoms with E-state index in [9.17, 15) is 4.79 Å². The lowest BCUT2D eigenvalue weighted by molar-refractivity contribution is -0.0564. The number of carboxylic acid groups (broad SMARTS) is 1. The van der Waals surface area contributed by atoms with Crippen molar-refractivity contribution in [3.63, 3.8) is 0 Å².